The van der Waals surface area contributed by atoms with E-state index >= 15 is 0 Å². The molecular formula is C26H24N4O3S2. The summed E-state index contributed by atoms with van der Waals surface area (Å²) in [6, 6.07) is 20.7. The molecule has 0 saturated heterocycles. The number of hydrogen-bond donors (Lipinski definition) is 3. The molecule has 2 aromatic heterocycles. The van der Waals surface area contributed by atoms with Crippen molar-refractivity contribution < 1.29 is 14.3 Å². The minimum absolute atomic E-state index is 0.147. The Morgan fingerprint density at radius 2 is 1.66 bits per heavy atom. The van der Waals surface area contributed by atoms with E-state index in [-0.39, 0.29) is 17.6 Å². The fraction of sp³-hybridized carbons (Fsp3) is 0.115. The maximum absolute atomic E-state index is 12.8. The maximum atomic E-state index is 12.8. The number of hydrazine groups is 1. The molecule has 0 radical (unpaired) electrons. The summed E-state index contributed by atoms with van der Waals surface area (Å²) < 4.78 is 7.26. The Morgan fingerprint density at radius 1 is 0.971 bits per heavy atom. The number of ether oxygens (including phenoxy) is 1. The van der Waals surface area contributed by atoms with Crippen molar-refractivity contribution in [1.82, 2.24) is 15.4 Å². The van der Waals surface area contributed by atoms with Gasteiger partial charge in [0.25, 0.3) is 5.91 Å². The fourth-order valence-electron chi connectivity index (χ4n) is 3.59. The molecule has 2 heterocycles. The third kappa shape index (κ3) is 5.59. The number of aryl methyl sites for hydroxylation is 1. The van der Waals surface area contributed by atoms with E-state index in [1.54, 1.807) is 19.1 Å². The molecule has 7 nitrogen and oxygen atoms in total. The first kappa shape index (κ1) is 24.2. The van der Waals surface area contributed by atoms with Gasteiger partial charge in [-0.15, -0.1) is 11.3 Å². The third-order valence-corrected chi connectivity index (χ3v) is 6.40. The Labute approximate surface area is 212 Å². The summed E-state index contributed by atoms with van der Waals surface area (Å²) in [5.41, 5.74) is 8.84. The lowest BCUT2D eigenvalue weighted by Crippen LogP contribution is -2.43. The zero-order chi connectivity index (χ0) is 24.8. The summed E-state index contributed by atoms with van der Waals surface area (Å²) in [5.74, 6) is -0.779. The van der Waals surface area contributed by atoms with Gasteiger partial charge in [-0.3, -0.25) is 15.6 Å². The van der Waals surface area contributed by atoms with Crippen molar-refractivity contribution in [2.45, 2.75) is 13.8 Å². The monoisotopic (exact) mass is 504 g/mol. The quantitative estimate of drug-likeness (QED) is 0.187. The second-order valence-electron chi connectivity index (χ2n) is 7.49. The van der Waals surface area contributed by atoms with Gasteiger partial charge in [-0.25, -0.2) is 4.79 Å². The number of thiocarbonyl (C=S) groups is 1. The molecule has 0 saturated carbocycles. The Balaban J connectivity index is 1.46. The standard InChI is InChI=1S/C26H24N4O3S2/c1-3-33-25(32)22-21(18-9-5-4-6-10-18)17(2)35-24(22)27-26(34)29-28-23(31)19-11-13-20(14-12-19)30-15-7-8-16-30/h4-16H,3H2,1-2H3,(H,28,31)(H2,27,29,34). The van der Waals surface area contributed by atoms with Crippen molar-refractivity contribution in [3.05, 3.63) is 95.1 Å². The average Bonchev–Trinajstić information content (AvgIpc) is 3.51. The maximum Gasteiger partial charge on any atom is 0.341 e. The first-order valence-corrected chi connectivity index (χ1v) is 12.2. The third-order valence-electron chi connectivity index (χ3n) is 5.18. The summed E-state index contributed by atoms with van der Waals surface area (Å²) in [5, 5.41) is 3.73. The van der Waals surface area contributed by atoms with Gasteiger partial charge in [0.15, 0.2) is 5.11 Å². The number of carbonyl (C=O) groups excluding carboxylic acids is 2. The van der Waals surface area contributed by atoms with Gasteiger partial charge in [-0.1, -0.05) is 30.3 Å². The Morgan fingerprint density at radius 3 is 2.31 bits per heavy atom. The van der Waals surface area contributed by atoms with Crippen molar-refractivity contribution in [3.8, 4) is 16.8 Å². The summed E-state index contributed by atoms with van der Waals surface area (Å²) in [4.78, 5) is 26.3. The number of rotatable bonds is 6. The number of benzene rings is 2. The highest BCUT2D eigenvalue weighted by molar-refractivity contribution is 7.80. The predicted molar refractivity (Wildman–Crippen MR) is 143 cm³/mol. The molecular weight excluding hydrogens is 480 g/mol. The van der Waals surface area contributed by atoms with Crippen molar-refractivity contribution in [2.75, 3.05) is 11.9 Å². The highest BCUT2D eigenvalue weighted by Crippen LogP contribution is 2.40. The van der Waals surface area contributed by atoms with E-state index in [1.807, 2.05) is 78.5 Å². The van der Waals surface area contributed by atoms with Gasteiger partial charge in [-0.05, 0) is 68.0 Å². The first-order chi connectivity index (χ1) is 17.0. The lowest BCUT2D eigenvalue weighted by atomic mass is 10.0. The lowest BCUT2D eigenvalue weighted by molar-refractivity contribution is 0.0528. The van der Waals surface area contributed by atoms with E-state index in [2.05, 4.69) is 16.2 Å². The van der Waals surface area contributed by atoms with Crippen LogP contribution in [-0.4, -0.2) is 28.2 Å². The minimum Gasteiger partial charge on any atom is -0.462 e. The average molecular weight is 505 g/mol. The molecule has 4 aromatic rings. The van der Waals surface area contributed by atoms with Gasteiger partial charge >= 0.3 is 5.97 Å². The molecule has 1 amide bonds. The number of esters is 1. The largest absolute Gasteiger partial charge is 0.462 e. The van der Waals surface area contributed by atoms with Gasteiger partial charge in [0.05, 0.1) is 6.61 Å². The molecule has 0 aliphatic carbocycles. The van der Waals surface area contributed by atoms with E-state index in [4.69, 9.17) is 17.0 Å². The highest BCUT2D eigenvalue weighted by atomic mass is 32.1. The molecule has 0 spiro atoms. The van der Waals surface area contributed by atoms with E-state index < -0.39 is 5.97 Å². The lowest BCUT2D eigenvalue weighted by Gasteiger charge is -2.13. The van der Waals surface area contributed by atoms with E-state index in [0.717, 1.165) is 21.7 Å². The number of nitrogens with one attached hydrogen (secondary N) is 3. The highest BCUT2D eigenvalue weighted by Gasteiger charge is 2.25. The molecule has 0 bridgehead atoms. The van der Waals surface area contributed by atoms with Crippen molar-refractivity contribution in [3.63, 3.8) is 0 Å². The number of thiophene rings is 1. The molecule has 4 rings (SSSR count). The molecule has 2 aromatic carbocycles. The van der Waals surface area contributed by atoms with Crippen LogP contribution in [0.3, 0.4) is 0 Å². The Hall–Kier alpha value is -3.95. The van der Waals surface area contributed by atoms with Crippen molar-refractivity contribution in [2.24, 2.45) is 0 Å². The molecule has 0 aliphatic heterocycles. The minimum atomic E-state index is -0.437. The van der Waals surface area contributed by atoms with Gasteiger partial charge in [0.2, 0.25) is 0 Å². The Kier molecular flexibility index (Phi) is 7.59. The molecule has 9 heteroatoms. The van der Waals surface area contributed by atoms with Crippen LogP contribution in [0.1, 0.15) is 32.5 Å². The smallest absolute Gasteiger partial charge is 0.341 e. The van der Waals surface area contributed by atoms with Gasteiger partial charge < -0.3 is 14.6 Å². The number of hydrogen-bond acceptors (Lipinski definition) is 5. The normalized spacial score (nSPS) is 10.5. The summed E-state index contributed by atoms with van der Waals surface area (Å²) in [7, 11) is 0. The molecule has 0 unspecified atom stereocenters. The fourth-order valence-corrected chi connectivity index (χ4v) is 4.88. The number of amides is 1. The van der Waals surface area contributed by atoms with Crippen LogP contribution in [-0.2, 0) is 4.74 Å². The number of anilines is 1. The predicted octanol–water partition coefficient (Wildman–Crippen LogP) is 5.32. The Bertz CT molecular complexity index is 1330. The number of nitrogens with zero attached hydrogens (tertiary/aromatic N) is 1. The first-order valence-electron chi connectivity index (χ1n) is 10.9. The van der Waals surface area contributed by atoms with Gasteiger partial charge in [-0.2, -0.15) is 0 Å². The summed E-state index contributed by atoms with van der Waals surface area (Å²) >= 11 is 6.77. The van der Waals surface area contributed by atoms with Gasteiger partial charge in [0.1, 0.15) is 10.6 Å². The summed E-state index contributed by atoms with van der Waals surface area (Å²) in [6.07, 6.45) is 3.86. The van der Waals surface area contributed by atoms with E-state index in [0.29, 0.717) is 16.1 Å². The van der Waals surface area contributed by atoms with Crippen LogP contribution in [0.2, 0.25) is 0 Å². The zero-order valence-electron chi connectivity index (χ0n) is 19.2. The zero-order valence-corrected chi connectivity index (χ0v) is 20.8. The van der Waals surface area contributed by atoms with Crippen LogP contribution in [0.25, 0.3) is 16.8 Å². The topological polar surface area (TPSA) is 84.4 Å². The van der Waals surface area contributed by atoms with Crippen LogP contribution < -0.4 is 16.2 Å². The van der Waals surface area contributed by atoms with Crippen LogP contribution in [0.15, 0.2) is 79.1 Å². The van der Waals surface area contributed by atoms with Crippen molar-refractivity contribution in [1.29, 1.82) is 0 Å². The number of carbonyl (C=O) groups is 2. The second kappa shape index (κ2) is 11.0. The number of aromatic nitrogens is 1. The molecule has 0 aliphatic rings. The van der Waals surface area contributed by atoms with Crippen LogP contribution >= 0.6 is 23.6 Å². The molecule has 0 fully saturated rings. The summed E-state index contributed by atoms with van der Waals surface area (Å²) in [6.45, 7) is 3.96. The second-order valence-corrected chi connectivity index (χ2v) is 9.13. The molecule has 178 valence electrons. The van der Waals surface area contributed by atoms with Crippen LogP contribution in [0.5, 0.6) is 0 Å². The molecule has 35 heavy (non-hydrogen) atoms. The molecule has 3 N–H and O–H groups in total. The van der Waals surface area contributed by atoms with E-state index in [9.17, 15) is 9.59 Å². The molecule has 0 atom stereocenters. The van der Waals surface area contributed by atoms with Crippen molar-refractivity contribution >= 4 is 45.5 Å². The van der Waals surface area contributed by atoms with Gasteiger partial charge in [0, 0.05) is 34.1 Å². The van der Waals surface area contributed by atoms with E-state index in [1.165, 1.54) is 11.3 Å². The SMILES string of the molecule is CCOC(=O)c1c(NC(=S)NNC(=O)c2ccc(-n3cccc3)cc2)sc(C)c1-c1ccccc1. The van der Waals surface area contributed by atoms with Crippen LogP contribution in [0, 0.1) is 6.92 Å². The van der Waals surface area contributed by atoms with Crippen LogP contribution in [0.4, 0.5) is 5.00 Å².